The van der Waals surface area contributed by atoms with Gasteiger partial charge < -0.3 is 10.2 Å². The van der Waals surface area contributed by atoms with Crippen LogP contribution in [0.2, 0.25) is 0 Å². The van der Waals surface area contributed by atoms with E-state index in [4.69, 9.17) is 0 Å². The Bertz CT molecular complexity index is 628. The summed E-state index contributed by atoms with van der Waals surface area (Å²) < 4.78 is 0. The molecule has 0 aliphatic rings. The molecule has 0 saturated carbocycles. The first kappa shape index (κ1) is 17.6. The van der Waals surface area contributed by atoms with Gasteiger partial charge in [0.2, 0.25) is 5.91 Å². The Balaban J connectivity index is 1.91. The van der Waals surface area contributed by atoms with Crippen LogP contribution in [0.25, 0.3) is 0 Å². The first-order valence-corrected chi connectivity index (χ1v) is 8.79. The van der Waals surface area contributed by atoms with Crippen molar-refractivity contribution in [3.8, 4) is 0 Å². The Kier molecular flexibility index (Phi) is 6.68. The Morgan fingerprint density at radius 1 is 1.04 bits per heavy atom. The molecule has 122 valence electrons. The third-order valence-electron chi connectivity index (χ3n) is 3.54. The predicted molar refractivity (Wildman–Crippen MR) is 96.6 cm³/mol. The molecule has 0 aliphatic heterocycles. The minimum atomic E-state index is -0.107. The lowest BCUT2D eigenvalue weighted by atomic mass is 10.1. The highest BCUT2D eigenvalue weighted by molar-refractivity contribution is 8.00. The van der Waals surface area contributed by atoms with Crippen molar-refractivity contribution in [2.24, 2.45) is 0 Å². The fourth-order valence-electron chi connectivity index (χ4n) is 2.37. The number of rotatable bonds is 7. The van der Waals surface area contributed by atoms with Crippen LogP contribution in [0.4, 0.5) is 0 Å². The number of carbonyl (C=O) groups excluding carboxylic acids is 1. The molecule has 2 aromatic carbocycles. The summed E-state index contributed by atoms with van der Waals surface area (Å²) in [5.74, 6) is 0.0749. The molecule has 1 atom stereocenters. The number of nitrogens with one attached hydrogen (secondary N) is 2. The Morgan fingerprint density at radius 3 is 2.30 bits per heavy atom. The second kappa shape index (κ2) is 8.75. The molecule has 2 rings (SSSR count). The van der Waals surface area contributed by atoms with Crippen molar-refractivity contribution in [1.82, 2.24) is 5.32 Å². The van der Waals surface area contributed by atoms with Gasteiger partial charge in [0.25, 0.3) is 0 Å². The number of amides is 1. The van der Waals surface area contributed by atoms with Crippen molar-refractivity contribution in [3.63, 3.8) is 0 Å². The fraction of sp³-hybridized carbons (Fsp3) is 0.316. The molecule has 23 heavy (non-hydrogen) atoms. The molecule has 1 amide bonds. The predicted octanol–water partition coefficient (Wildman–Crippen LogP) is 2.13. The third-order valence-corrected chi connectivity index (χ3v) is 4.65. The first-order chi connectivity index (χ1) is 11.1. The van der Waals surface area contributed by atoms with E-state index in [-0.39, 0.29) is 11.2 Å². The quantitative estimate of drug-likeness (QED) is 0.763. The van der Waals surface area contributed by atoms with Gasteiger partial charge in [-0.1, -0.05) is 42.5 Å². The standard InChI is InChI=1S/C19H24N2OS/c1-15(23-18-11-5-4-6-12-18)19(22)20-13-16-9-7-8-10-17(16)14-21(2)3/h4-12,15H,13-14H2,1-3H3,(H,20,22)/p+1/t15-/m1/s1. The van der Waals surface area contributed by atoms with Gasteiger partial charge in [0, 0.05) is 17.0 Å². The van der Waals surface area contributed by atoms with Crippen molar-refractivity contribution in [1.29, 1.82) is 0 Å². The number of carbonyl (C=O) groups is 1. The van der Waals surface area contributed by atoms with Crippen LogP contribution in [0.3, 0.4) is 0 Å². The van der Waals surface area contributed by atoms with Gasteiger partial charge in [-0.2, -0.15) is 0 Å². The molecule has 0 unspecified atom stereocenters. The molecule has 3 nitrogen and oxygen atoms in total. The molecule has 0 aromatic heterocycles. The summed E-state index contributed by atoms with van der Waals surface area (Å²) in [6.07, 6.45) is 0. The highest BCUT2D eigenvalue weighted by Crippen LogP contribution is 2.22. The molecule has 0 spiro atoms. The maximum atomic E-state index is 12.3. The Hall–Kier alpha value is -1.78. The molecule has 0 aliphatic carbocycles. The van der Waals surface area contributed by atoms with Gasteiger partial charge >= 0.3 is 0 Å². The van der Waals surface area contributed by atoms with Crippen LogP contribution in [-0.2, 0) is 17.9 Å². The summed E-state index contributed by atoms with van der Waals surface area (Å²) in [6.45, 7) is 3.49. The second-order valence-electron chi connectivity index (χ2n) is 5.94. The summed E-state index contributed by atoms with van der Waals surface area (Å²) in [4.78, 5) is 14.8. The van der Waals surface area contributed by atoms with Gasteiger partial charge in [0.05, 0.1) is 19.3 Å². The van der Waals surface area contributed by atoms with E-state index in [2.05, 4.69) is 37.6 Å². The van der Waals surface area contributed by atoms with E-state index in [1.807, 2.05) is 43.3 Å². The molecule has 0 bridgehead atoms. The molecule has 0 fully saturated rings. The highest BCUT2D eigenvalue weighted by Gasteiger charge is 2.14. The summed E-state index contributed by atoms with van der Waals surface area (Å²) in [5.41, 5.74) is 2.48. The fourth-order valence-corrected chi connectivity index (χ4v) is 3.28. The molecule has 0 radical (unpaired) electrons. The Labute approximate surface area is 143 Å². The maximum absolute atomic E-state index is 12.3. The average molecular weight is 329 g/mol. The van der Waals surface area contributed by atoms with E-state index in [1.165, 1.54) is 16.0 Å². The van der Waals surface area contributed by atoms with Crippen LogP contribution >= 0.6 is 11.8 Å². The number of thioether (sulfide) groups is 1. The van der Waals surface area contributed by atoms with Gasteiger partial charge in [-0.3, -0.25) is 4.79 Å². The average Bonchev–Trinajstić information content (AvgIpc) is 2.54. The van der Waals surface area contributed by atoms with E-state index in [0.717, 1.165) is 11.4 Å². The van der Waals surface area contributed by atoms with E-state index >= 15 is 0 Å². The second-order valence-corrected chi connectivity index (χ2v) is 7.36. The largest absolute Gasteiger partial charge is 0.351 e. The highest BCUT2D eigenvalue weighted by atomic mass is 32.2. The number of hydrogen-bond acceptors (Lipinski definition) is 2. The number of benzene rings is 2. The molecule has 4 heteroatoms. The summed E-state index contributed by atoms with van der Waals surface area (Å²) >= 11 is 1.59. The van der Waals surface area contributed by atoms with E-state index in [0.29, 0.717) is 6.54 Å². The van der Waals surface area contributed by atoms with Crippen molar-refractivity contribution in [2.75, 3.05) is 14.1 Å². The minimum absolute atomic E-state index is 0.0749. The maximum Gasteiger partial charge on any atom is 0.233 e. The monoisotopic (exact) mass is 329 g/mol. The molecular formula is C19H25N2OS+. The van der Waals surface area contributed by atoms with Crippen molar-refractivity contribution in [3.05, 3.63) is 65.7 Å². The lowest BCUT2D eigenvalue weighted by molar-refractivity contribution is -0.872. The van der Waals surface area contributed by atoms with Crippen molar-refractivity contribution in [2.45, 2.75) is 30.2 Å². The van der Waals surface area contributed by atoms with Crippen LogP contribution in [0.5, 0.6) is 0 Å². The normalized spacial score (nSPS) is 12.2. The topological polar surface area (TPSA) is 33.5 Å². The van der Waals surface area contributed by atoms with Crippen LogP contribution in [-0.4, -0.2) is 25.3 Å². The van der Waals surface area contributed by atoms with E-state index in [1.54, 1.807) is 11.8 Å². The van der Waals surface area contributed by atoms with Gasteiger partial charge in [0.1, 0.15) is 6.54 Å². The van der Waals surface area contributed by atoms with Crippen molar-refractivity contribution >= 4 is 17.7 Å². The number of quaternary nitrogens is 1. The van der Waals surface area contributed by atoms with Crippen molar-refractivity contribution < 1.29 is 9.69 Å². The SMILES string of the molecule is C[C@@H](Sc1ccccc1)C(=O)NCc1ccccc1C[NH+](C)C. The van der Waals surface area contributed by atoms with Gasteiger partial charge in [-0.25, -0.2) is 0 Å². The summed E-state index contributed by atoms with van der Waals surface area (Å²) in [5, 5.41) is 2.96. The molecule has 2 N–H and O–H groups in total. The summed E-state index contributed by atoms with van der Waals surface area (Å²) in [7, 11) is 4.27. The molecule has 0 heterocycles. The zero-order valence-corrected chi connectivity index (χ0v) is 14.8. The molecule has 2 aromatic rings. The minimum Gasteiger partial charge on any atom is -0.351 e. The van der Waals surface area contributed by atoms with E-state index in [9.17, 15) is 4.79 Å². The number of hydrogen-bond donors (Lipinski definition) is 2. The van der Waals surface area contributed by atoms with Crippen LogP contribution in [0, 0.1) is 0 Å². The molecule has 0 saturated heterocycles. The lowest BCUT2D eigenvalue weighted by Crippen LogP contribution is -3.04. The third kappa shape index (κ3) is 5.73. The van der Waals surface area contributed by atoms with E-state index < -0.39 is 0 Å². The Morgan fingerprint density at radius 2 is 1.65 bits per heavy atom. The molecular weight excluding hydrogens is 304 g/mol. The van der Waals surface area contributed by atoms with Crippen LogP contribution < -0.4 is 10.2 Å². The first-order valence-electron chi connectivity index (χ1n) is 7.91. The van der Waals surface area contributed by atoms with Gasteiger partial charge in [-0.15, -0.1) is 11.8 Å². The van der Waals surface area contributed by atoms with Gasteiger partial charge in [-0.05, 0) is 24.6 Å². The van der Waals surface area contributed by atoms with Crippen LogP contribution in [0.15, 0.2) is 59.5 Å². The zero-order valence-electron chi connectivity index (χ0n) is 14.0. The van der Waals surface area contributed by atoms with Crippen LogP contribution in [0.1, 0.15) is 18.1 Å². The summed E-state index contributed by atoms with van der Waals surface area (Å²) in [6, 6.07) is 18.3. The zero-order chi connectivity index (χ0) is 16.7. The smallest absolute Gasteiger partial charge is 0.233 e. The lowest BCUT2D eigenvalue weighted by Gasteiger charge is -2.15. The van der Waals surface area contributed by atoms with Gasteiger partial charge in [0.15, 0.2) is 0 Å².